The lowest BCUT2D eigenvalue weighted by molar-refractivity contribution is 0.0955. The van der Waals surface area contributed by atoms with Crippen molar-refractivity contribution in [3.05, 3.63) is 66.0 Å². The minimum Gasteiger partial charge on any atom is -0.267 e. The van der Waals surface area contributed by atoms with Crippen molar-refractivity contribution >= 4 is 12.1 Å². The molecule has 1 heterocycles. The smallest absolute Gasteiger partial charge is 0.267 e. The maximum atomic E-state index is 11.6. The van der Waals surface area contributed by atoms with Gasteiger partial charge < -0.3 is 0 Å². The molecule has 0 spiro atoms. The van der Waals surface area contributed by atoms with Gasteiger partial charge in [-0.05, 0) is 17.7 Å². The number of nitrogens with one attached hydrogen (secondary N) is 1. The molecule has 2 aromatic rings. The molecule has 0 fully saturated rings. The first-order valence-corrected chi connectivity index (χ1v) is 5.15. The van der Waals surface area contributed by atoms with Gasteiger partial charge in [-0.3, -0.25) is 9.78 Å². The second-order valence-electron chi connectivity index (χ2n) is 3.35. The van der Waals surface area contributed by atoms with Crippen LogP contribution in [0.1, 0.15) is 15.9 Å². The summed E-state index contributed by atoms with van der Waals surface area (Å²) >= 11 is 0. The Bertz CT molecular complexity index is 509. The number of nitrogens with zero attached hydrogens (tertiary/aromatic N) is 2. The highest BCUT2D eigenvalue weighted by Gasteiger charge is 2.01. The maximum absolute atomic E-state index is 11.6. The first-order chi connectivity index (χ1) is 8.36. The van der Waals surface area contributed by atoms with Crippen molar-refractivity contribution in [1.29, 1.82) is 0 Å². The number of aromatic nitrogens is 1. The lowest BCUT2D eigenvalue weighted by atomic mass is 10.2. The number of rotatable bonds is 3. The van der Waals surface area contributed by atoms with Crippen molar-refractivity contribution in [2.75, 3.05) is 0 Å². The summed E-state index contributed by atoms with van der Waals surface area (Å²) in [6.45, 7) is 0. The predicted molar refractivity (Wildman–Crippen MR) is 65.7 cm³/mol. The van der Waals surface area contributed by atoms with Crippen LogP contribution in [0.15, 0.2) is 60.0 Å². The van der Waals surface area contributed by atoms with Crippen molar-refractivity contribution < 1.29 is 4.79 Å². The highest BCUT2D eigenvalue weighted by atomic mass is 16.2. The number of hydrazone groups is 1. The molecular formula is C13H11N3O. The Kier molecular flexibility index (Phi) is 3.60. The molecule has 17 heavy (non-hydrogen) atoms. The van der Waals surface area contributed by atoms with E-state index in [4.69, 9.17) is 0 Å². The molecule has 1 N–H and O–H groups in total. The highest BCUT2D eigenvalue weighted by molar-refractivity contribution is 5.94. The van der Waals surface area contributed by atoms with E-state index in [1.54, 1.807) is 24.5 Å². The molecule has 0 aliphatic heterocycles. The topological polar surface area (TPSA) is 54.4 Å². The van der Waals surface area contributed by atoms with Crippen molar-refractivity contribution in [3.8, 4) is 0 Å². The Hall–Kier alpha value is -2.49. The summed E-state index contributed by atoms with van der Waals surface area (Å²) < 4.78 is 0. The third-order valence-electron chi connectivity index (χ3n) is 2.10. The molecule has 0 radical (unpaired) electrons. The van der Waals surface area contributed by atoms with Gasteiger partial charge in [0.05, 0.1) is 11.8 Å². The van der Waals surface area contributed by atoms with E-state index in [-0.39, 0.29) is 5.91 Å². The molecule has 0 bridgehead atoms. The second-order valence-corrected chi connectivity index (χ2v) is 3.35. The lowest BCUT2D eigenvalue weighted by Gasteiger charge is -1.98. The minimum atomic E-state index is -0.273. The molecule has 0 aliphatic carbocycles. The summed E-state index contributed by atoms with van der Waals surface area (Å²) in [6.07, 6.45) is 4.70. The van der Waals surface area contributed by atoms with Gasteiger partial charge in [0, 0.05) is 12.4 Å². The molecule has 0 aliphatic rings. The van der Waals surface area contributed by atoms with Crippen LogP contribution in [-0.4, -0.2) is 17.1 Å². The molecule has 4 heteroatoms. The fourth-order valence-corrected chi connectivity index (χ4v) is 1.27. The second kappa shape index (κ2) is 5.55. The van der Waals surface area contributed by atoms with E-state index in [9.17, 15) is 4.79 Å². The van der Waals surface area contributed by atoms with Crippen molar-refractivity contribution in [2.24, 2.45) is 5.10 Å². The van der Waals surface area contributed by atoms with Crippen LogP contribution in [0.3, 0.4) is 0 Å². The number of amides is 1. The Morgan fingerprint density at radius 1 is 1.18 bits per heavy atom. The van der Waals surface area contributed by atoms with Gasteiger partial charge in [0.25, 0.3) is 5.91 Å². The van der Waals surface area contributed by atoms with Crippen LogP contribution < -0.4 is 5.43 Å². The van der Waals surface area contributed by atoms with Crippen LogP contribution in [0.5, 0.6) is 0 Å². The van der Waals surface area contributed by atoms with Gasteiger partial charge in [0.2, 0.25) is 0 Å². The summed E-state index contributed by atoms with van der Waals surface area (Å²) in [5.41, 5.74) is 3.85. The van der Waals surface area contributed by atoms with E-state index in [2.05, 4.69) is 15.5 Å². The van der Waals surface area contributed by atoms with Crippen LogP contribution in [0.4, 0.5) is 0 Å². The van der Waals surface area contributed by atoms with Crippen LogP contribution in [0.25, 0.3) is 0 Å². The van der Waals surface area contributed by atoms with Crippen LogP contribution in [0.2, 0.25) is 0 Å². The first kappa shape index (κ1) is 11.0. The number of carbonyl (C=O) groups is 1. The van der Waals surface area contributed by atoms with Gasteiger partial charge in [-0.15, -0.1) is 0 Å². The SMILES string of the molecule is O=C(NN=Cc1ccccc1)c1cccnc1. The summed E-state index contributed by atoms with van der Waals surface area (Å²) in [5.74, 6) is -0.273. The molecule has 1 aromatic carbocycles. The van der Waals surface area contributed by atoms with E-state index in [0.717, 1.165) is 5.56 Å². The molecular weight excluding hydrogens is 214 g/mol. The number of hydrogen-bond acceptors (Lipinski definition) is 3. The van der Waals surface area contributed by atoms with Gasteiger partial charge in [-0.2, -0.15) is 5.10 Å². The summed E-state index contributed by atoms with van der Waals surface area (Å²) in [6, 6.07) is 12.9. The van der Waals surface area contributed by atoms with Gasteiger partial charge >= 0.3 is 0 Å². The third-order valence-corrected chi connectivity index (χ3v) is 2.10. The third kappa shape index (κ3) is 3.24. The molecule has 0 unspecified atom stereocenters. The zero-order chi connectivity index (χ0) is 11.9. The van der Waals surface area contributed by atoms with Gasteiger partial charge in [0.1, 0.15) is 0 Å². The molecule has 1 amide bonds. The van der Waals surface area contributed by atoms with Crippen molar-refractivity contribution in [2.45, 2.75) is 0 Å². The van der Waals surface area contributed by atoms with Crippen LogP contribution in [0, 0.1) is 0 Å². The zero-order valence-corrected chi connectivity index (χ0v) is 9.08. The van der Waals surface area contributed by atoms with Gasteiger partial charge in [0.15, 0.2) is 0 Å². The van der Waals surface area contributed by atoms with E-state index in [0.29, 0.717) is 5.56 Å². The molecule has 0 saturated heterocycles. The van der Waals surface area contributed by atoms with Gasteiger partial charge in [-0.25, -0.2) is 5.43 Å². The number of carbonyl (C=O) groups excluding carboxylic acids is 1. The lowest BCUT2D eigenvalue weighted by Crippen LogP contribution is -2.17. The average molecular weight is 225 g/mol. The summed E-state index contributed by atoms with van der Waals surface area (Å²) in [5, 5.41) is 3.87. The van der Waals surface area contributed by atoms with Crippen molar-refractivity contribution in [1.82, 2.24) is 10.4 Å². The van der Waals surface area contributed by atoms with E-state index >= 15 is 0 Å². The molecule has 1 aromatic heterocycles. The van der Waals surface area contributed by atoms with E-state index in [1.165, 1.54) is 6.20 Å². The molecule has 0 atom stereocenters. The number of benzene rings is 1. The Balaban J connectivity index is 1.95. The normalized spacial score (nSPS) is 10.4. The Labute approximate surface area is 99.0 Å². The largest absolute Gasteiger partial charge is 0.272 e. The van der Waals surface area contributed by atoms with E-state index < -0.39 is 0 Å². The average Bonchev–Trinajstić information content (AvgIpc) is 2.41. The Morgan fingerprint density at radius 3 is 2.71 bits per heavy atom. The first-order valence-electron chi connectivity index (χ1n) is 5.15. The monoisotopic (exact) mass is 225 g/mol. The molecule has 4 nitrogen and oxygen atoms in total. The fourth-order valence-electron chi connectivity index (χ4n) is 1.27. The van der Waals surface area contributed by atoms with Crippen molar-refractivity contribution in [3.63, 3.8) is 0 Å². The quantitative estimate of drug-likeness (QED) is 0.640. The standard InChI is InChI=1S/C13H11N3O/c17-13(12-7-4-8-14-10-12)16-15-9-11-5-2-1-3-6-11/h1-10H,(H,16,17). The van der Waals surface area contributed by atoms with E-state index in [1.807, 2.05) is 30.3 Å². The predicted octanol–water partition coefficient (Wildman–Crippen LogP) is 1.85. The fraction of sp³-hybridized carbons (Fsp3) is 0. The highest BCUT2D eigenvalue weighted by Crippen LogP contribution is 1.96. The maximum Gasteiger partial charge on any atom is 0.272 e. The number of hydrogen-bond donors (Lipinski definition) is 1. The van der Waals surface area contributed by atoms with Crippen LogP contribution in [-0.2, 0) is 0 Å². The van der Waals surface area contributed by atoms with Gasteiger partial charge in [-0.1, -0.05) is 30.3 Å². The summed E-state index contributed by atoms with van der Waals surface area (Å²) in [7, 11) is 0. The molecule has 0 saturated carbocycles. The van der Waals surface area contributed by atoms with Crippen LogP contribution >= 0.6 is 0 Å². The number of pyridine rings is 1. The zero-order valence-electron chi connectivity index (χ0n) is 9.08. The minimum absolute atomic E-state index is 0.273. The summed E-state index contributed by atoms with van der Waals surface area (Å²) in [4.78, 5) is 15.4. The molecule has 84 valence electrons. The Morgan fingerprint density at radius 2 is 2.00 bits per heavy atom. The molecule has 2 rings (SSSR count).